The van der Waals surface area contributed by atoms with Crippen LogP contribution >= 0.6 is 0 Å². The average Bonchev–Trinajstić information content (AvgIpc) is 2.88. The summed E-state index contributed by atoms with van der Waals surface area (Å²) >= 11 is 0. The Morgan fingerprint density at radius 2 is 1.00 bits per heavy atom. The zero-order valence-electron chi connectivity index (χ0n) is 20.3. The van der Waals surface area contributed by atoms with E-state index in [1.54, 1.807) is 24.3 Å². The first-order valence-corrected chi connectivity index (χ1v) is 11.5. The molecule has 2 heterocycles. The van der Waals surface area contributed by atoms with Crippen LogP contribution in [0, 0.1) is 0 Å². The lowest BCUT2D eigenvalue weighted by molar-refractivity contribution is -0.139. The number of rotatable bonds is 7. The predicted molar refractivity (Wildman–Crippen MR) is 130 cm³/mol. The van der Waals surface area contributed by atoms with Gasteiger partial charge in [-0.05, 0) is 68.1 Å². The standard InChI is InChI=1S/C12H12O4.C8H6O4.C6H10O4/c13-11-9-3-5-10(6-4-9)12(14)16-8-2-1-7-15-11;9-7(10)5-2-1-3-6(4-5)8(11)12;7-5(8)3-1-2-4-6(9)10/h3-6H,1-2,7-8H2;1-4H,(H,9,10)(H,11,12);1-4H2,(H,7,8)(H,9,10). The number of aromatic carboxylic acids is 2. The Morgan fingerprint density at radius 3 is 1.32 bits per heavy atom. The molecule has 0 aromatic heterocycles. The zero-order chi connectivity index (χ0) is 28.5. The van der Waals surface area contributed by atoms with Gasteiger partial charge in [0.1, 0.15) is 0 Å². The normalized spacial score (nSPS) is 12.5. The molecule has 12 heteroatoms. The Labute approximate surface area is 217 Å². The molecule has 0 radical (unpaired) electrons. The second-order valence-corrected chi connectivity index (χ2v) is 7.74. The first-order valence-electron chi connectivity index (χ1n) is 11.5. The van der Waals surface area contributed by atoms with Crippen LogP contribution < -0.4 is 0 Å². The van der Waals surface area contributed by atoms with Gasteiger partial charge in [-0.25, -0.2) is 19.2 Å². The molecule has 4 rings (SSSR count). The quantitative estimate of drug-likeness (QED) is 0.298. The Hall–Kier alpha value is -4.74. The second-order valence-electron chi connectivity index (χ2n) is 7.74. The number of unbranched alkanes of at least 4 members (excludes halogenated alkanes) is 1. The average molecular weight is 532 g/mol. The Balaban J connectivity index is 0.000000296. The lowest BCUT2D eigenvalue weighted by Crippen LogP contribution is -2.12. The molecule has 2 bridgehead atoms. The van der Waals surface area contributed by atoms with Crippen LogP contribution in [0.5, 0.6) is 0 Å². The summed E-state index contributed by atoms with van der Waals surface area (Å²) in [5.41, 5.74) is 0.874. The van der Waals surface area contributed by atoms with E-state index >= 15 is 0 Å². The van der Waals surface area contributed by atoms with E-state index in [0.29, 0.717) is 50.0 Å². The van der Waals surface area contributed by atoms with Crippen molar-refractivity contribution in [2.24, 2.45) is 0 Å². The fraction of sp³-hybridized carbons (Fsp3) is 0.308. The van der Waals surface area contributed by atoms with Gasteiger partial charge in [0, 0.05) is 12.8 Å². The molecule has 0 atom stereocenters. The van der Waals surface area contributed by atoms with Gasteiger partial charge >= 0.3 is 35.8 Å². The number of aliphatic carboxylic acids is 2. The van der Waals surface area contributed by atoms with Gasteiger partial charge in [0.25, 0.3) is 0 Å². The fourth-order valence-corrected chi connectivity index (χ4v) is 2.78. The van der Waals surface area contributed by atoms with Crippen LogP contribution in [-0.2, 0) is 19.1 Å². The number of carbonyl (C=O) groups is 6. The van der Waals surface area contributed by atoms with E-state index in [2.05, 4.69) is 0 Å². The molecule has 2 aliphatic rings. The van der Waals surface area contributed by atoms with Crippen LogP contribution in [0.1, 0.15) is 80.0 Å². The maximum atomic E-state index is 11.5. The highest BCUT2D eigenvalue weighted by Crippen LogP contribution is 2.10. The van der Waals surface area contributed by atoms with Crippen LogP contribution in [0.15, 0.2) is 48.5 Å². The topological polar surface area (TPSA) is 202 Å². The molecule has 0 amide bonds. The molecule has 4 N–H and O–H groups in total. The van der Waals surface area contributed by atoms with Crippen molar-refractivity contribution in [3.63, 3.8) is 0 Å². The van der Waals surface area contributed by atoms with Gasteiger partial charge in [-0.3, -0.25) is 9.59 Å². The maximum Gasteiger partial charge on any atom is 0.338 e. The highest BCUT2D eigenvalue weighted by atomic mass is 16.5. The van der Waals surface area contributed by atoms with E-state index < -0.39 is 23.9 Å². The number of ether oxygens (including phenoxy) is 2. The highest BCUT2D eigenvalue weighted by molar-refractivity contribution is 5.94. The van der Waals surface area contributed by atoms with Crippen molar-refractivity contribution >= 4 is 35.8 Å². The number of hydrogen-bond acceptors (Lipinski definition) is 8. The van der Waals surface area contributed by atoms with Crippen molar-refractivity contribution in [2.75, 3.05) is 13.2 Å². The molecule has 0 aliphatic carbocycles. The first kappa shape index (κ1) is 31.3. The van der Waals surface area contributed by atoms with Crippen molar-refractivity contribution in [3.05, 3.63) is 70.8 Å². The maximum absolute atomic E-state index is 11.5. The largest absolute Gasteiger partial charge is 0.481 e. The molecular weight excluding hydrogens is 504 g/mol. The predicted octanol–water partition coefficient (Wildman–Crippen LogP) is 3.59. The molecule has 38 heavy (non-hydrogen) atoms. The highest BCUT2D eigenvalue weighted by Gasteiger charge is 2.12. The third kappa shape index (κ3) is 12.8. The summed E-state index contributed by atoms with van der Waals surface area (Å²) in [5, 5.41) is 33.3. The van der Waals surface area contributed by atoms with Crippen molar-refractivity contribution in [1.82, 2.24) is 0 Å². The van der Waals surface area contributed by atoms with E-state index in [1.165, 1.54) is 18.2 Å². The monoisotopic (exact) mass is 532 g/mol. The van der Waals surface area contributed by atoms with Gasteiger partial charge in [0.2, 0.25) is 0 Å². The molecule has 0 spiro atoms. The third-order valence-electron chi connectivity index (χ3n) is 4.75. The summed E-state index contributed by atoms with van der Waals surface area (Å²) in [6, 6.07) is 11.5. The van der Waals surface area contributed by atoms with E-state index in [1.807, 2.05) is 0 Å². The summed E-state index contributed by atoms with van der Waals surface area (Å²) < 4.78 is 10.1. The van der Waals surface area contributed by atoms with E-state index in [-0.39, 0.29) is 35.9 Å². The van der Waals surface area contributed by atoms with Crippen LogP contribution in [0.3, 0.4) is 0 Å². The minimum atomic E-state index is -1.13. The number of benzene rings is 2. The van der Waals surface area contributed by atoms with E-state index in [4.69, 9.17) is 29.9 Å². The van der Waals surface area contributed by atoms with Crippen molar-refractivity contribution in [2.45, 2.75) is 38.5 Å². The summed E-state index contributed by atoms with van der Waals surface area (Å²) in [7, 11) is 0. The second kappa shape index (κ2) is 16.8. The zero-order valence-corrected chi connectivity index (χ0v) is 20.3. The summed E-state index contributed by atoms with van der Waals surface area (Å²) in [4.78, 5) is 63.5. The molecule has 2 aliphatic heterocycles. The lowest BCUT2D eigenvalue weighted by Gasteiger charge is -2.09. The van der Waals surface area contributed by atoms with Crippen molar-refractivity contribution in [3.8, 4) is 0 Å². The first-order chi connectivity index (χ1) is 18.0. The smallest absolute Gasteiger partial charge is 0.338 e. The number of esters is 2. The third-order valence-corrected chi connectivity index (χ3v) is 4.75. The summed E-state index contributed by atoms with van der Waals surface area (Å²) in [6.07, 6.45) is 2.42. The van der Waals surface area contributed by atoms with Crippen LogP contribution in [0.2, 0.25) is 0 Å². The summed E-state index contributed by atoms with van der Waals surface area (Å²) in [6.45, 7) is 0.719. The molecule has 2 aromatic carbocycles. The van der Waals surface area contributed by atoms with Crippen molar-refractivity contribution in [1.29, 1.82) is 0 Å². The minimum Gasteiger partial charge on any atom is -0.481 e. The van der Waals surface area contributed by atoms with Gasteiger partial charge in [-0.1, -0.05) is 6.07 Å². The van der Waals surface area contributed by atoms with Crippen LogP contribution in [0.4, 0.5) is 0 Å². The molecule has 2 aromatic rings. The molecule has 12 nitrogen and oxygen atoms in total. The van der Waals surface area contributed by atoms with Gasteiger partial charge in [-0.15, -0.1) is 0 Å². The molecule has 0 saturated carbocycles. The SMILES string of the molecule is O=C(O)CCCCC(=O)O.O=C(O)c1cccc(C(=O)O)c1.O=C1OCCCCOC(=O)c2ccc1cc2. The Morgan fingerprint density at radius 1 is 0.632 bits per heavy atom. The minimum absolute atomic E-state index is 0.0186. The molecule has 0 saturated heterocycles. The molecule has 204 valence electrons. The molecular formula is C26H28O12. The number of carboxylic acid groups (broad SMARTS) is 4. The van der Waals surface area contributed by atoms with Gasteiger partial charge in [0.05, 0.1) is 35.5 Å². The molecule has 0 unspecified atom stereocenters. The van der Waals surface area contributed by atoms with Crippen LogP contribution in [-0.4, -0.2) is 69.5 Å². The van der Waals surface area contributed by atoms with E-state index in [0.717, 1.165) is 6.07 Å². The number of hydrogen-bond donors (Lipinski definition) is 4. The lowest BCUT2D eigenvalue weighted by atomic mass is 10.1. The fourth-order valence-electron chi connectivity index (χ4n) is 2.78. The van der Waals surface area contributed by atoms with E-state index in [9.17, 15) is 28.8 Å². The van der Waals surface area contributed by atoms with Crippen LogP contribution in [0.25, 0.3) is 0 Å². The Kier molecular flexibility index (Phi) is 13.9. The Bertz CT molecular complexity index is 1040. The number of fused-ring (bicyclic) bond motifs is 9. The summed E-state index contributed by atoms with van der Waals surface area (Å²) in [5.74, 6) is -4.69. The van der Waals surface area contributed by atoms with Gasteiger partial charge in [0.15, 0.2) is 0 Å². The van der Waals surface area contributed by atoms with Gasteiger partial charge in [-0.2, -0.15) is 0 Å². The number of carboxylic acids is 4. The number of carbonyl (C=O) groups excluding carboxylic acids is 2. The van der Waals surface area contributed by atoms with Crippen molar-refractivity contribution < 1.29 is 58.7 Å². The van der Waals surface area contributed by atoms with Gasteiger partial charge < -0.3 is 29.9 Å². The molecule has 0 fully saturated rings.